The molecule has 6 aromatic rings. The molecule has 0 spiro atoms. The van der Waals surface area contributed by atoms with E-state index in [0.29, 0.717) is 35.7 Å². The fourth-order valence-electron chi connectivity index (χ4n) is 4.61. The van der Waals surface area contributed by atoms with Crippen LogP contribution in [0.3, 0.4) is 0 Å². The van der Waals surface area contributed by atoms with Crippen LogP contribution in [0.1, 0.15) is 23.5 Å². The minimum Gasteiger partial charge on any atom is -0.299 e. The Hall–Kier alpha value is -4.66. The number of benzene rings is 1. The molecule has 8 nitrogen and oxygen atoms in total. The fraction of sp³-hybridized carbons (Fsp3) is 0.179. The number of Topliss-reactive ketones (excluding diaryl/α,β-unsaturated/α-hetero) is 1. The van der Waals surface area contributed by atoms with Gasteiger partial charge in [-0.3, -0.25) is 13.9 Å². The molecule has 0 aliphatic rings. The van der Waals surface area contributed by atoms with Gasteiger partial charge in [-0.2, -0.15) is 10.2 Å². The summed E-state index contributed by atoms with van der Waals surface area (Å²) in [6.07, 6.45) is 4.34. The summed E-state index contributed by atoms with van der Waals surface area (Å²) in [5.41, 5.74) is 7.05. The lowest BCUT2D eigenvalue weighted by molar-refractivity contribution is -0.118. The van der Waals surface area contributed by atoms with Crippen molar-refractivity contribution in [2.75, 3.05) is 0 Å². The van der Waals surface area contributed by atoms with Gasteiger partial charge in [0.05, 0.1) is 29.7 Å². The van der Waals surface area contributed by atoms with Crippen LogP contribution in [0.4, 0.5) is 4.39 Å². The van der Waals surface area contributed by atoms with Crippen molar-refractivity contribution in [3.05, 3.63) is 96.0 Å². The number of aromatic nitrogens is 7. The summed E-state index contributed by atoms with van der Waals surface area (Å²) in [4.78, 5) is 22.0. The molecule has 0 N–H and O–H groups in total. The van der Waals surface area contributed by atoms with E-state index in [2.05, 4.69) is 10.1 Å². The van der Waals surface area contributed by atoms with Gasteiger partial charge in [0.1, 0.15) is 28.6 Å². The van der Waals surface area contributed by atoms with E-state index in [1.807, 2.05) is 65.5 Å². The highest BCUT2D eigenvalue weighted by molar-refractivity contribution is 5.81. The summed E-state index contributed by atoms with van der Waals surface area (Å²) in [5, 5.41) is 9.22. The van der Waals surface area contributed by atoms with Gasteiger partial charge in [-0.25, -0.2) is 18.9 Å². The zero-order valence-corrected chi connectivity index (χ0v) is 20.5. The van der Waals surface area contributed by atoms with Gasteiger partial charge in [0, 0.05) is 30.4 Å². The maximum atomic E-state index is 13.6. The van der Waals surface area contributed by atoms with Crippen molar-refractivity contribution in [2.24, 2.45) is 0 Å². The van der Waals surface area contributed by atoms with Crippen LogP contribution in [0.2, 0.25) is 0 Å². The lowest BCUT2D eigenvalue weighted by Gasteiger charge is -2.05. The number of aryl methyl sites for hydroxylation is 3. The minimum atomic E-state index is -0.302. The molecular weight excluding hydrogens is 469 g/mol. The highest BCUT2D eigenvalue weighted by Gasteiger charge is 2.18. The quantitative estimate of drug-likeness (QED) is 0.317. The van der Waals surface area contributed by atoms with E-state index in [9.17, 15) is 9.18 Å². The molecule has 0 bridgehead atoms. The molecule has 0 saturated carbocycles. The summed E-state index contributed by atoms with van der Waals surface area (Å²) in [7, 11) is 0. The number of hydrogen-bond acceptors (Lipinski definition) is 5. The number of rotatable bonds is 7. The third kappa shape index (κ3) is 4.40. The van der Waals surface area contributed by atoms with Crippen molar-refractivity contribution >= 4 is 17.1 Å². The van der Waals surface area contributed by atoms with E-state index >= 15 is 0 Å². The van der Waals surface area contributed by atoms with E-state index in [0.717, 1.165) is 28.3 Å². The molecule has 184 valence electrons. The van der Waals surface area contributed by atoms with Crippen molar-refractivity contribution in [2.45, 2.75) is 33.2 Å². The molecule has 0 unspecified atom stereocenters. The van der Waals surface area contributed by atoms with Crippen molar-refractivity contribution < 1.29 is 9.18 Å². The number of halogens is 1. The summed E-state index contributed by atoms with van der Waals surface area (Å²) in [6.45, 7) is 4.48. The summed E-state index contributed by atoms with van der Waals surface area (Å²) in [6, 6.07) is 17.8. The standard InChI is InChI=1S/C28H24FN7O/c1-18-15-19(2)35(32-18)14-12-23(37)16-22-17-36-26(30-22)11-10-24(33-36)28-27(20-6-8-21(29)9-7-20)31-25-5-3-4-13-34(25)28/h3-11,13,15,17H,12,14,16H2,1-2H3. The summed E-state index contributed by atoms with van der Waals surface area (Å²) < 4.78 is 19.1. The first kappa shape index (κ1) is 22.8. The van der Waals surface area contributed by atoms with E-state index in [1.54, 1.807) is 22.8 Å². The average Bonchev–Trinajstić information content (AvgIpc) is 3.56. The predicted molar refractivity (Wildman–Crippen MR) is 138 cm³/mol. The van der Waals surface area contributed by atoms with Crippen LogP contribution < -0.4 is 0 Å². The Labute approximate surface area is 212 Å². The summed E-state index contributed by atoms with van der Waals surface area (Å²) >= 11 is 0. The molecule has 9 heteroatoms. The fourth-order valence-corrected chi connectivity index (χ4v) is 4.61. The van der Waals surface area contributed by atoms with Crippen LogP contribution in [-0.2, 0) is 17.8 Å². The van der Waals surface area contributed by atoms with Gasteiger partial charge < -0.3 is 0 Å². The number of ketones is 1. The molecule has 37 heavy (non-hydrogen) atoms. The number of fused-ring (bicyclic) bond motifs is 2. The molecule has 5 aromatic heterocycles. The normalized spacial score (nSPS) is 11.5. The first-order valence-corrected chi connectivity index (χ1v) is 12.1. The Morgan fingerprint density at radius 2 is 1.78 bits per heavy atom. The van der Waals surface area contributed by atoms with Crippen LogP contribution in [0, 0.1) is 19.7 Å². The SMILES string of the molecule is Cc1cc(C)n(CCC(=O)Cc2cn3nc(-c4c(-c5ccc(F)cc5)nc5ccccn45)ccc3n2)n1. The molecular formula is C28H24FN7O. The molecule has 1 aromatic carbocycles. The van der Waals surface area contributed by atoms with Crippen molar-refractivity contribution in [1.82, 2.24) is 33.8 Å². The zero-order valence-electron chi connectivity index (χ0n) is 20.5. The number of imidazole rings is 2. The number of pyridine rings is 1. The Kier molecular flexibility index (Phi) is 5.60. The third-order valence-electron chi connectivity index (χ3n) is 6.34. The molecule has 6 rings (SSSR count). The minimum absolute atomic E-state index is 0.0940. The zero-order chi connectivity index (χ0) is 25.5. The second kappa shape index (κ2) is 9.09. The molecule has 0 amide bonds. The van der Waals surface area contributed by atoms with Gasteiger partial charge in [-0.1, -0.05) is 6.07 Å². The largest absolute Gasteiger partial charge is 0.299 e. The molecule has 0 saturated heterocycles. The third-order valence-corrected chi connectivity index (χ3v) is 6.34. The topological polar surface area (TPSA) is 82.4 Å². The van der Waals surface area contributed by atoms with E-state index < -0.39 is 0 Å². The average molecular weight is 494 g/mol. The predicted octanol–water partition coefficient (Wildman–Crippen LogP) is 4.87. The van der Waals surface area contributed by atoms with E-state index in [4.69, 9.17) is 10.1 Å². The van der Waals surface area contributed by atoms with E-state index in [-0.39, 0.29) is 18.0 Å². The lowest BCUT2D eigenvalue weighted by Crippen LogP contribution is -2.10. The number of hydrogen-bond donors (Lipinski definition) is 0. The van der Waals surface area contributed by atoms with Gasteiger partial charge in [0.2, 0.25) is 0 Å². The Balaban J connectivity index is 1.30. The van der Waals surface area contributed by atoms with Crippen LogP contribution in [0.5, 0.6) is 0 Å². The Bertz CT molecular complexity index is 1760. The van der Waals surface area contributed by atoms with Gasteiger partial charge in [0.25, 0.3) is 0 Å². The summed E-state index contributed by atoms with van der Waals surface area (Å²) in [5.74, 6) is -0.208. The molecule has 0 aliphatic carbocycles. The second-order valence-electron chi connectivity index (χ2n) is 9.11. The first-order chi connectivity index (χ1) is 17.9. The molecule has 0 fully saturated rings. The lowest BCUT2D eigenvalue weighted by atomic mass is 10.1. The van der Waals surface area contributed by atoms with Crippen molar-refractivity contribution in [3.63, 3.8) is 0 Å². The first-order valence-electron chi connectivity index (χ1n) is 12.1. The molecule has 0 aliphatic heterocycles. The van der Waals surface area contributed by atoms with Gasteiger partial charge in [-0.05, 0) is 68.4 Å². The van der Waals surface area contributed by atoms with Crippen LogP contribution in [-0.4, -0.2) is 39.5 Å². The number of carbonyl (C=O) groups excluding carboxylic acids is 1. The maximum Gasteiger partial charge on any atom is 0.153 e. The number of carbonyl (C=O) groups is 1. The van der Waals surface area contributed by atoms with E-state index in [1.165, 1.54) is 12.1 Å². The van der Waals surface area contributed by atoms with Crippen molar-refractivity contribution in [3.8, 4) is 22.6 Å². The maximum absolute atomic E-state index is 13.6. The second-order valence-corrected chi connectivity index (χ2v) is 9.11. The van der Waals surface area contributed by atoms with Gasteiger partial charge in [0.15, 0.2) is 5.65 Å². The smallest absolute Gasteiger partial charge is 0.153 e. The van der Waals surface area contributed by atoms with Crippen LogP contribution in [0.15, 0.2) is 73.1 Å². The molecule has 5 heterocycles. The Morgan fingerprint density at radius 1 is 0.946 bits per heavy atom. The van der Waals surface area contributed by atoms with Gasteiger partial charge in [-0.15, -0.1) is 0 Å². The van der Waals surface area contributed by atoms with Crippen molar-refractivity contribution in [1.29, 1.82) is 0 Å². The number of nitrogens with zero attached hydrogens (tertiary/aromatic N) is 7. The molecule has 0 radical (unpaired) electrons. The van der Waals surface area contributed by atoms with Crippen LogP contribution >= 0.6 is 0 Å². The monoisotopic (exact) mass is 493 g/mol. The van der Waals surface area contributed by atoms with Gasteiger partial charge >= 0.3 is 0 Å². The highest BCUT2D eigenvalue weighted by Crippen LogP contribution is 2.32. The Morgan fingerprint density at radius 3 is 2.57 bits per heavy atom. The molecule has 0 atom stereocenters. The van der Waals surface area contributed by atoms with Crippen LogP contribution in [0.25, 0.3) is 33.9 Å². The highest BCUT2D eigenvalue weighted by atomic mass is 19.1.